The second-order valence-electron chi connectivity index (χ2n) is 5.37. The molecule has 1 aromatic heterocycles. The average Bonchev–Trinajstić information content (AvgIpc) is 2.63. The minimum Gasteiger partial charge on any atom is -0.326 e. The zero-order valence-electron chi connectivity index (χ0n) is 12.0. The van der Waals surface area contributed by atoms with Crippen molar-refractivity contribution < 1.29 is 8.42 Å². The van der Waals surface area contributed by atoms with Crippen LogP contribution in [0.5, 0.6) is 0 Å². The van der Waals surface area contributed by atoms with Gasteiger partial charge < -0.3 is 5.73 Å². The van der Waals surface area contributed by atoms with Crippen LogP contribution in [-0.4, -0.2) is 41.1 Å². The van der Waals surface area contributed by atoms with Gasteiger partial charge in [-0.1, -0.05) is 18.0 Å². The van der Waals surface area contributed by atoms with Crippen LogP contribution in [0.4, 0.5) is 0 Å². The molecule has 0 spiro atoms. The van der Waals surface area contributed by atoms with Crippen molar-refractivity contribution >= 4 is 21.6 Å². The lowest BCUT2D eigenvalue weighted by Crippen LogP contribution is -2.51. The van der Waals surface area contributed by atoms with Gasteiger partial charge in [0.05, 0.1) is 5.69 Å². The van der Waals surface area contributed by atoms with Crippen LogP contribution < -0.4 is 5.73 Å². The van der Waals surface area contributed by atoms with Crippen LogP contribution in [0.2, 0.25) is 5.15 Å². The van der Waals surface area contributed by atoms with Crippen LogP contribution in [0.1, 0.15) is 31.9 Å². The fraction of sp³-hybridized carbons (Fsp3) is 0.750. The fourth-order valence-corrected chi connectivity index (χ4v) is 5.26. The van der Waals surface area contributed by atoms with Crippen molar-refractivity contribution in [2.45, 2.75) is 50.1 Å². The van der Waals surface area contributed by atoms with E-state index in [4.69, 9.17) is 17.3 Å². The number of rotatable bonds is 3. The Kier molecular flexibility index (Phi) is 4.44. The maximum absolute atomic E-state index is 12.9. The number of aryl methyl sites for hydroxylation is 2. The number of sulfonamides is 1. The van der Waals surface area contributed by atoms with E-state index in [1.54, 1.807) is 14.0 Å². The number of hydrogen-bond acceptors (Lipinski definition) is 4. The monoisotopic (exact) mass is 320 g/mol. The average molecular weight is 321 g/mol. The lowest BCUT2D eigenvalue weighted by molar-refractivity contribution is 0.227. The zero-order chi connectivity index (χ0) is 15.1. The SMILES string of the molecule is Cc1nn(C)c(Cl)c1S(=O)(=O)N1CCCC[C@H]1[C@H](C)N. The zero-order valence-corrected chi connectivity index (χ0v) is 13.6. The third-order valence-electron chi connectivity index (χ3n) is 3.77. The van der Waals surface area contributed by atoms with Gasteiger partial charge in [-0.15, -0.1) is 0 Å². The van der Waals surface area contributed by atoms with E-state index in [0.29, 0.717) is 12.2 Å². The molecule has 0 unspecified atom stereocenters. The molecule has 0 radical (unpaired) electrons. The molecule has 0 aliphatic carbocycles. The van der Waals surface area contributed by atoms with Crippen molar-refractivity contribution in [2.24, 2.45) is 12.8 Å². The van der Waals surface area contributed by atoms with Crippen LogP contribution in [-0.2, 0) is 17.1 Å². The molecule has 0 bridgehead atoms. The molecule has 2 heterocycles. The third-order valence-corrected chi connectivity index (χ3v) is 6.39. The maximum Gasteiger partial charge on any atom is 0.248 e. The Morgan fingerprint density at radius 3 is 2.60 bits per heavy atom. The first-order chi connectivity index (χ1) is 9.26. The van der Waals surface area contributed by atoms with Gasteiger partial charge in [-0.05, 0) is 26.7 Å². The second kappa shape index (κ2) is 5.63. The summed E-state index contributed by atoms with van der Waals surface area (Å²) in [4.78, 5) is 0.106. The van der Waals surface area contributed by atoms with Crippen LogP contribution >= 0.6 is 11.6 Å². The van der Waals surface area contributed by atoms with E-state index < -0.39 is 10.0 Å². The first kappa shape index (κ1) is 15.8. The second-order valence-corrected chi connectivity index (χ2v) is 7.55. The largest absolute Gasteiger partial charge is 0.326 e. The molecule has 1 fully saturated rings. The summed E-state index contributed by atoms with van der Waals surface area (Å²) in [6, 6.07) is -0.384. The number of halogens is 1. The predicted octanol–water partition coefficient (Wildman–Crippen LogP) is 1.27. The summed E-state index contributed by atoms with van der Waals surface area (Å²) in [5.41, 5.74) is 6.38. The molecule has 20 heavy (non-hydrogen) atoms. The van der Waals surface area contributed by atoms with Gasteiger partial charge in [0, 0.05) is 25.7 Å². The summed E-state index contributed by atoms with van der Waals surface area (Å²) in [7, 11) is -2.03. The summed E-state index contributed by atoms with van der Waals surface area (Å²) >= 11 is 6.11. The van der Waals surface area contributed by atoms with E-state index in [1.807, 2.05) is 6.92 Å². The number of aromatic nitrogens is 2. The Morgan fingerprint density at radius 2 is 2.10 bits per heavy atom. The molecule has 0 amide bonds. The molecule has 0 aromatic carbocycles. The Hall–Kier alpha value is -0.630. The smallest absolute Gasteiger partial charge is 0.248 e. The Bertz CT molecular complexity index is 597. The van der Waals surface area contributed by atoms with Crippen molar-refractivity contribution in [3.05, 3.63) is 10.8 Å². The van der Waals surface area contributed by atoms with Crippen molar-refractivity contribution in [3.8, 4) is 0 Å². The normalized spacial score (nSPS) is 22.9. The minimum atomic E-state index is -3.66. The molecular weight excluding hydrogens is 300 g/mol. The van der Waals surface area contributed by atoms with E-state index in [2.05, 4.69) is 5.10 Å². The van der Waals surface area contributed by atoms with Gasteiger partial charge in [0.2, 0.25) is 10.0 Å². The molecule has 6 nitrogen and oxygen atoms in total. The van der Waals surface area contributed by atoms with E-state index in [1.165, 1.54) is 8.99 Å². The molecule has 114 valence electrons. The summed E-state index contributed by atoms with van der Waals surface area (Å²) in [6.07, 6.45) is 2.63. The first-order valence-electron chi connectivity index (χ1n) is 6.73. The highest BCUT2D eigenvalue weighted by molar-refractivity contribution is 7.89. The standard InChI is InChI=1S/C12H21ClN4O2S/c1-8(14)10-6-4-5-7-17(10)20(18,19)11-9(2)15-16(3)12(11)13/h8,10H,4-7,14H2,1-3H3/t8-,10-/m0/s1. The first-order valence-corrected chi connectivity index (χ1v) is 8.55. The van der Waals surface area contributed by atoms with E-state index >= 15 is 0 Å². The van der Waals surface area contributed by atoms with Gasteiger partial charge in [0.1, 0.15) is 10.0 Å². The molecule has 1 saturated heterocycles. The molecule has 2 atom stereocenters. The van der Waals surface area contributed by atoms with Gasteiger partial charge in [0.15, 0.2) is 0 Å². The predicted molar refractivity (Wildman–Crippen MR) is 78.1 cm³/mol. The highest BCUT2D eigenvalue weighted by atomic mass is 35.5. The molecule has 1 aliphatic heterocycles. The molecule has 2 rings (SSSR count). The maximum atomic E-state index is 12.9. The molecule has 8 heteroatoms. The highest BCUT2D eigenvalue weighted by Gasteiger charge is 2.38. The highest BCUT2D eigenvalue weighted by Crippen LogP contribution is 2.32. The van der Waals surface area contributed by atoms with Crippen molar-refractivity contribution in [2.75, 3.05) is 6.54 Å². The van der Waals surface area contributed by atoms with Gasteiger partial charge in [-0.3, -0.25) is 4.68 Å². The number of piperidine rings is 1. The quantitative estimate of drug-likeness (QED) is 0.909. The molecule has 1 aliphatic rings. The molecule has 1 aromatic rings. The fourth-order valence-electron chi connectivity index (χ4n) is 2.78. The van der Waals surface area contributed by atoms with Gasteiger partial charge in [0.25, 0.3) is 0 Å². The van der Waals surface area contributed by atoms with Gasteiger partial charge >= 0.3 is 0 Å². The van der Waals surface area contributed by atoms with Crippen molar-refractivity contribution in [1.29, 1.82) is 0 Å². The van der Waals surface area contributed by atoms with Crippen LogP contribution in [0.15, 0.2) is 4.90 Å². The molecule has 2 N–H and O–H groups in total. The van der Waals surface area contributed by atoms with E-state index in [-0.39, 0.29) is 22.1 Å². The molecule has 0 saturated carbocycles. The summed E-state index contributed by atoms with van der Waals surface area (Å²) in [5.74, 6) is 0. The lowest BCUT2D eigenvalue weighted by Gasteiger charge is -2.36. The van der Waals surface area contributed by atoms with Crippen molar-refractivity contribution in [3.63, 3.8) is 0 Å². The number of hydrogen-bond donors (Lipinski definition) is 1. The topological polar surface area (TPSA) is 81.2 Å². The lowest BCUT2D eigenvalue weighted by atomic mass is 10.00. The number of nitrogens with two attached hydrogens (primary N) is 1. The van der Waals surface area contributed by atoms with E-state index in [9.17, 15) is 8.42 Å². The Labute approximate surface area is 124 Å². The van der Waals surface area contributed by atoms with Crippen LogP contribution in [0.25, 0.3) is 0 Å². The summed E-state index contributed by atoms with van der Waals surface area (Å²) in [6.45, 7) is 3.99. The van der Waals surface area contributed by atoms with E-state index in [0.717, 1.165) is 19.3 Å². The molecular formula is C12H21ClN4O2S. The van der Waals surface area contributed by atoms with Crippen LogP contribution in [0, 0.1) is 6.92 Å². The third kappa shape index (κ3) is 2.59. The summed E-state index contributed by atoms with van der Waals surface area (Å²) in [5, 5.41) is 4.24. The van der Waals surface area contributed by atoms with Gasteiger partial charge in [-0.2, -0.15) is 9.40 Å². The Morgan fingerprint density at radius 1 is 1.45 bits per heavy atom. The Balaban J connectivity index is 2.48. The minimum absolute atomic E-state index is 0.106. The van der Waals surface area contributed by atoms with Crippen LogP contribution in [0.3, 0.4) is 0 Å². The number of nitrogens with zero attached hydrogens (tertiary/aromatic N) is 3. The summed E-state index contributed by atoms with van der Waals surface area (Å²) < 4.78 is 28.7. The van der Waals surface area contributed by atoms with Gasteiger partial charge in [-0.25, -0.2) is 8.42 Å². The van der Waals surface area contributed by atoms with Crippen molar-refractivity contribution in [1.82, 2.24) is 14.1 Å².